The molecule has 1 saturated carbocycles. The number of hydrogen-bond acceptors (Lipinski definition) is 5. The Morgan fingerprint density at radius 2 is 1.94 bits per heavy atom. The topological polar surface area (TPSA) is 102 Å². The number of carbonyl (C=O) groups excluding carboxylic acids is 2. The number of nitrogens with zero attached hydrogens (tertiary/aromatic N) is 5. The molecule has 0 radical (unpaired) electrons. The number of carbonyl (C=O) groups is 2. The Morgan fingerprint density at radius 3 is 2.69 bits per heavy atom. The molecule has 0 unspecified atom stereocenters. The van der Waals surface area contributed by atoms with Gasteiger partial charge in [-0.25, -0.2) is 4.98 Å². The van der Waals surface area contributed by atoms with Crippen molar-refractivity contribution in [1.29, 1.82) is 0 Å². The van der Waals surface area contributed by atoms with Crippen molar-refractivity contribution in [3.63, 3.8) is 0 Å². The maximum absolute atomic E-state index is 13.3. The quantitative estimate of drug-likeness (QED) is 0.439. The van der Waals surface area contributed by atoms with Crippen molar-refractivity contribution in [2.75, 3.05) is 7.05 Å². The molecule has 4 aromatic rings. The second kappa shape index (κ2) is 8.35. The SMILES string of the molecule is C=C(NC(=O)C(=C)n1cnc2c(-c3ccc4nn(C)cc4c3)cccc2c1=O)C(=O)N(C)C1CC1. The number of benzene rings is 2. The molecule has 1 aliphatic carbocycles. The van der Waals surface area contributed by atoms with Crippen LogP contribution in [-0.2, 0) is 16.6 Å². The third-order valence-electron chi connectivity index (χ3n) is 6.21. The summed E-state index contributed by atoms with van der Waals surface area (Å²) in [5.74, 6) is -1.07. The minimum Gasteiger partial charge on any atom is -0.337 e. The molecule has 0 spiro atoms. The molecule has 35 heavy (non-hydrogen) atoms. The zero-order valence-corrected chi connectivity index (χ0v) is 19.5. The Bertz CT molecular complexity index is 1610. The highest BCUT2D eigenvalue weighted by Crippen LogP contribution is 2.29. The zero-order chi connectivity index (χ0) is 24.9. The molecular weight excluding hydrogens is 444 g/mol. The molecule has 1 aliphatic rings. The van der Waals surface area contributed by atoms with Gasteiger partial charge >= 0.3 is 0 Å². The van der Waals surface area contributed by atoms with E-state index < -0.39 is 11.5 Å². The van der Waals surface area contributed by atoms with Crippen LogP contribution < -0.4 is 10.9 Å². The van der Waals surface area contributed by atoms with Crippen molar-refractivity contribution in [1.82, 2.24) is 29.5 Å². The van der Waals surface area contributed by atoms with Crippen LogP contribution in [0.2, 0.25) is 0 Å². The average molecular weight is 469 g/mol. The van der Waals surface area contributed by atoms with Gasteiger partial charge in [-0.1, -0.05) is 31.4 Å². The number of amides is 2. The van der Waals surface area contributed by atoms with Crippen molar-refractivity contribution in [2.45, 2.75) is 18.9 Å². The first kappa shape index (κ1) is 22.3. The Balaban J connectivity index is 1.44. The van der Waals surface area contributed by atoms with Crippen LogP contribution in [0.15, 0.2) is 72.6 Å². The van der Waals surface area contributed by atoms with E-state index in [1.165, 1.54) is 6.33 Å². The maximum Gasteiger partial charge on any atom is 0.272 e. The van der Waals surface area contributed by atoms with E-state index >= 15 is 0 Å². The van der Waals surface area contributed by atoms with Gasteiger partial charge in [0.25, 0.3) is 17.4 Å². The highest BCUT2D eigenvalue weighted by atomic mass is 16.2. The summed E-state index contributed by atoms with van der Waals surface area (Å²) in [6.45, 7) is 7.42. The second-order valence-corrected chi connectivity index (χ2v) is 8.72. The van der Waals surface area contributed by atoms with Crippen molar-refractivity contribution in [2.24, 2.45) is 7.05 Å². The molecule has 2 amide bonds. The van der Waals surface area contributed by atoms with Gasteiger partial charge in [0.1, 0.15) is 12.0 Å². The molecule has 9 nitrogen and oxygen atoms in total. The van der Waals surface area contributed by atoms with E-state index in [0.29, 0.717) is 10.9 Å². The van der Waals surface area contributed by atoms with E-state index in [9.17, 15) is 14.4 Å². The van der Waals surface area contributed by atoms with Gasteiger partial charge in [0.15, 0.2) is 0 Å². The lowest BCUT2D eigenvalue weighted by atomic mass is 10.0. The molecule has 0 saturated heterocycles. The monoisotopic (exact) mass is 468 g/mol. The van der Waals surface area contributed by atoms with Gasteiger partial charge in [-0.2, -0.15) is 5.10 Å². The van der Waals surface area contributed by atoms with Crippen LogP contribution in [0.4, 0.5) is 0 Å². The van der Waals surface area contributed by atoms with Crippen LogP contribution in [-0.4, -0.2) is 49.1 Å². The third kappa shape index (κ3) is 4.01. The number of nitrogens with one attached hydrogen (secondary N) is 1. The predicted octanol–water partition coefficient (Wildman–Crippen LogP) is 2.67. The Kier molecular flexibility index (Phi) is 5.32. The van der Waals surface area contributed by atoms with Gasteiger partial charge in [0.05, 0.1) is 22.1 Å². The summed E-state index contributed by atoms with van der Waals surface area (Å²) in [6, 6.07) is 11.4. The maximum atomic E-state index is 13.3. The van der Waals surface area contributed by atoms with E-state index in [0.717, 1.165) is 39.4 Å². The molecule has 9 heteroatoms. The number of fused-ring (bicyclic) bond motifs is 2. The molecule has 0 atom stereocenters. The number of rotatable bonds is 6. The van der Waals surface area contributed by atoms with Gasteiger partial charge in [0, 0.05) is 37.3 Å². The standard InChI is InChI=1S/C26H24N6O3/c1-15(25(34)31(4)19-9-10-19)28-24(33)16(2)32-14-27-23-20(6-5-7-21(23)26(32)35)17-8-11-22-18(12-17)13-30(3)29-22/h5-8,11-14,19H,1-2,9-10H2,3-4H3,(H,28,33). The lowest BCUT2D eigenvalue weighted by Crippen LogP contribution is -2.38. The number of aromatic nitrogens is 4. The van der Waals surface area contributed by atoms with Gasteiger partial charge in [-0.3, -0.25) is 23.6 Å². The van der Waals surface area contributed by atoms with Crippen LogP contribution in [0.3, 0.4) is 0 Å². The summed E-state index contributed by atoms with van der Waals surface area (Å²) in [5.41, 5.74) is 2.40. The molecule has 0 aliphatic heterocycles. The van der Waals surface area contributed by atoms with Crippen LogP contribution in [0.5, 0.6) is 0 Å². The minimum atomic E-state index is -0.700. The molecule has 5 rings (SSSR count). The van der Waals surface area contributed by atoms with E-state index in [-0.39, 0.29) is 23.3 Å². The van der Waals surface area contributed by atoms with Crippen LogP contribution >= 0.6 is 0 Å². The Morgan fingerprint density at radius 1 is 1.17 bits per heavy atom. The van der Waals surface area contributed by atoms with Gasteiger partial charge in [-0.05, 0) is 36.6 Å². The summed E-state index contributed by atoms with van der Waals surface area (Å²) in [7, 11) is 3.54. The molecule has 2 aromatic carbocycles. The van der Waals surface area contributed by atoms with Crippen molar-refractivity contribution in [3.8, 4) is 11.1 Å². The number of hydrogen-bond donors (Lipinski definition) is 1. The van der Waals surface area contributed by atoms with Crippen LogP contribution in [0.1, 0.15) is 12.8 Å². The summed E-state index contributed by atoms with van der Waals surface area (Å²) >= 11 is 0. The third-order valence-corrected chi connectivity index (χ3v) is 6.21. The smallest absolute Gasteiger partial charge is 0.272 e. The molecule has 1 N–H and O–H groups in total. The molecule has 176 valence electrons. The predicted molar refractivity (Wildman–Crippen MR) is 134 cm³/mol. The van der Waals surface area contributed by atoms with Gasteiger partial charge < -0.3 is 10.2 Å². The van der Waals surface area contributed by atoms with Crippen LogP contribution in [0.25, 0.3) is 38.6 Å². The van der Waals surface area contributed by atoms with E-state index in [2.05, 4.69) is 28.6 Å². The lowest BCUT2D eigenvalue weighted by molar-refractivity contribution is -0.128. The van der Waals surface area contributed by atoms with E-state index in [1.54, 1.807) is 28.8 Å². The van der Waals surface area contributed by atoms with Crippen molar-refractivity contribution >= 4 is 39.3 Å². The summed E-state index contributed by atoms with van der Waals surface area (Å²) < 4.78 is 2.82. The first-order valence-electron chi connectivity index (χ1n) is 11.2. The molecular formula is C26H24N6O3. The highest BCUT2D eigenvalue weighted by molar-refractivity contribution is 6.15. The Hall–Kier alpha value is -4.53. The number of para-hydroxylation sites is 1. The van der Waals surface area contributed by atoms with Crippen LogP contribution in [0, 0.1) is 0 Å². The molecule has 2 heterocycles. The molecule has 1 fully saturated rings. The average Bonchev–Trinajstić information content (AvgIpc) is 3.63. The van der Waals surface area contributed by atoms with E-state index in [4.69, 9.17) is 0 Å². The first-order chi connectivity index (χ1) is 16.7. The normalized spacial score (nSPS) is 13.1. The van der Waals surface area contributed by atoms with Gasteiger partial charge in [-0.15, -0.1) is 0 Å². The first-order valence-corrected chi connectivity index (χ1v) is 11.2. The van der Waals surface area contributed by atoms with Gasteiger partial charge in [0.2, 0.25) is 0 Å². The fourth-order valence-corrected chi connectivity index (χ4v) is 4.11. The Labute approximate surface area is 201 Å². The summed E-state index contributed by atoms with van der Waals surface area (Å²) in [5, 5.41) is 8.16. The highest BCUT2D eigenvalue weighted by Gasteiger charge is 2.31. The zero-order valence-electron chi connectivity index (χ0n) is 19.5. The van der Waals surface area contributed by atoms with Crippen molar-refractivity contribution < 1.29 is 9.59 Å². The number of likely N-dealkylation sites (N-methyl/N-ethyl adjacent to an activating group) is 1. The van der Waals surface area contributed by atoms with Crippen molar-refractivity contribution in [3.05, 3.63) is 78.1 Å². The summed E-state index contributed by atoms with van der Waals surface area (Å²) in [6.07, 6.45) is 5.08. The number of aryl methyl sites for hydroxylation is 1. The molecule has 0 bridgehead atoms. The summed E-state index contributed by atoms with van der Waals surface area (Å²) in [4.78, 5) is 44.5. The largest absolute Gasteiger partial charge is 0.337 e. The fraction of sp³-hybridized carbons (Fsp3) is 0.192. The minimum absolute atomic E-state index is 0.0690. The fourth-order valence-electron chi connectivity index (χ4n) is 4.11. The second-order valence-electron chi connectivity index (χ2n) is 8.72. The molecule has 2 aromatic heterocycles. The van der Waals surface area contributed by atoms with E-state index in [1.807, 2.05) is 37.5 Å². The lowest BCUT2D eigenvalue weighted by Gasteiger charge is -2.18.